The number of hydrogen-bond acceptors (Lipinski definition) is 1. The van der Waals surface area contributed by atoms with Crippen molar-refractivity contribution in [3.8, 4) is 33.5 Å². The molecule has 28 heavy (non-hydrogen) atoms. The predicted octanol–water partition coefficient (Wildman–Crippen LogP) is 7.32. The van der Waals surface area contributed by atoms with Gasteiger partial charge in [0.2, 0.25) is 0 Å². The Labute approximate surface area is 167 Å². The summed E-state index contributed by atoms with van der Waals surface area (Å²) in [5, 5.41) is 0. The minimum Gasteiger partial charge on any atom is -0.256 e. The van der Waals surface area contributed by atoms with E-state index in [0.29, 0.717) is 0 Å². The Kier molecular flexibility index (Phi) is 4.83. The number of aryl methyl sites for hydroxylation is 4. The molecule has 4 rings (SSSR count). The summed E-state index contributed by atoms with van der Waals surface area (Å²) in [5.41, 5.74) is 12.3. The van der Waals surface area contributed by atoms with E-state index < -0.39 is 0 Å². The Hall–Kier alpha value is -3.19. The van der Waals surface area contributed by atoms with Crippen LogP contribution in [0.15, 0.2) is 79.0 Å². The maximum atomic E-state index is 4.58. The van der Waals surface area contributed by atoms with E-state index in [1.165, 1.54) is 44.5 Å². The van der Waals surface area contributed by atoms with E-state index in [1.807, 2.05) is 6.20 Å². The van der Waals surface area contributed by atoms with Gasteiger partial charge in [-0.3, -0.25) is 4.98 Å². The van der Waals surface area contributed by atoms with Gasteiger partial charge in [-0.2, -0.15) is 0 Å². The predicted molar refractivity (Wildman–Crippen MR) is 119 cm³/mol. The van der Waals surface area contributed by atoms with Crippen molar-refractivity contribution in [1.29, 1.82) is 0 Å². The number of nitrogens with zero attached hydrogens (tertiary/aromatic N) is 1. The number of aromatic nitrogens is 1. The smallest absolute Gasteiger partial charge is 0.0702 e. The zero-order valence-electron chi connectivity index (χ0n) is 17.0. The Bertz CT molecular complexity index is 1120. The summed E-state index contributed by atoms with van der Waals surface area (Å²) in [6.45, 7) is 8.55. The molecule has 0 amide bonds. The quantitative estimate of drug-likeness (QED) is 0.372. The van der Waals surface area contributed by atoms with Gasteiger partial charge in [0.25, 0.3) is 0 Å². The lowest BCUT2D eigenvalue weighted by Crippen LogP contribution is -1.89. The summed E-state index contributed by atoms with van der Waals surface area (Å²) in [5.74, 6) is 0. The van der Waals surface area contributed by atoms with Crippen LogP contribution in [0.2, 0.25) is 0 Å². The van der Waals surface area contributed by atoms with Gasteiger partial charge in [-0.05, 0) is 78.8 Å². The van der Waals surface area contributed by atoms with Crippen molar-refractivity contribution in [2.45, 2.75) is 27.7 Å². The molecule has 0 atom stereocenters. The Morgan fingerprint density at radius 2 is 1.14 bits per heavy atom. The van der Waals surface area contributed by atoms with Crippen molar-refractivity contribution in [2.24, 2.45) is 0 Å². The second-order valence-corrected chi connectivity index (χ2v) is 7.65. The van der Waals surface area contributed by atoms with E-state index >= 15 is 0 Å². The first-order valence-electron chi connectivity index (χ1n) is 9.73. The van der Waals surface area contributed by atoms with Gasteiger partial charge in [0.05, 0.1) is 5.69 Å². The Morgan fingerprint density at radius 1 is 0.500 bits per heavy atom. The highest BCUT2D eigenvalue weighted by molar-refractivity contribution is 5.77. The maximum Gasteiger partial charge on any atom is 0.0702 e. The summed E-state index contributed by atoms with van der Waals surface area (Å²) in [6.07, 6.45) is 1.92. The lowest BCUT2D eigenvalue weighted by Gasteiger charge is -2.12. The van der Waals surface area contributed by atoms with E-state index in [0.717, 1.165) is 11.3 Å². The first-order chi connectivity index (χ1) is 13.5. The summed E-state index contributed by atoms with van der Waals surface area (Å²) in [4.78, 5) is 4.58. The molecule has 0 N–H and O–H groups in total. The van der Waals surface area contributed by atoms with Crippen LogP contribution in [-0.4, -0.2) is 4.98 Å². The lowest BCUT2D eigenvalue weighted by molar-refractivity contribution is 1.27. The molecule has 138 valence electrons. The highest BCUT2D eigenvalue weighted by Crippen LogP contribution is 2.31. The molecule has 1 heterocycles. The Morgan fingerprint density at radius 3 is 1.79 bits per heavy atom. The standard InChI is InChI=1S/C27H25N/c1-18-5-13-25(21(4)15-18)22-9-11-23(12-10-22)26-16-24(8-7-20(26)3)27-14-6-19(2)17-28-27/h5-17H,1-4H3. The van der Waals surface area contributed by atoms with Crippen LogP contribution in [0.3, 0.4) is 0 Å². The molecule has 0 aliphatic rings. The van der Waals surface area contributed by atoms with Gasteiger partial charge in [0.1, 0.15) is 0 Å². The molecule has 0 saturated heterocycles. The van der Waals surface area contributed by atoms with Crippen LogP contribution >= 0.6 is 0 Å². The lowest BCUT2D eigenvalue weighted by atomic mass is 9.93. The summed E-state index contributed by atoms with van der Waals surface area (Å²) in [7, 11) is 0. The zero-order valence-corrected chi connectivity index (χ0v) is 17.0. The fraction of sp³-hybridized carbons (Fsp3) is 0.148. The van der Waals surface area contributed by atoms with Gasteiger partial charge in [-0.15, -0.1) is 0 Å². The van der Waals surface area contributed by atoms with Crippen LogP contribution in [-0.2, 0) is 0 Å². The van der Waals surface area contributed by atoms with Crippen molar-refractivity contribution in [3.05, 3.63) is 101 Å². The van der Waals surface area contributed by atoms with Crippen LogP contribution in [0.5, 0.6) is 0 Å². The molecule has 3 aromatic carbocycles. The molecule has 0 unspecified atom stereocenters. The molecular formula is C27H25N. The van der Waals surface area contributed by atoms with Crippen molar-refractivity contribution >= 4 is 0 Å². The molecule has 1 heteroatoms. The second kappa shape index (κ2) is 7.44. The van der Waals surface area contributed by atoms with E-state index in [9.17, 15) is 0 Å². The molecule has 0 spiro atoms. The minimum atomic E-state index is 1.01. The molecule has 0 radical (unpaired) electrons. The van der Waals surface area contributed by atoms with Gasteiger partial charge < -0.3 is 0 Å². The molecule has 4 aromatic rings. The molecule has 1 aromatic heterocycles. The molecule has 1 nitrogen and oxygen atoms in total. The fourth-order valence-corrected chi connectivity index (χ4v) is 3.70. The number of benzene rings is 3. The molecule has 0 aliphatic heterocycles. The van der Waals surface area contributed by atoms with Gasteiger partial charge in [0, 0.05) is 11.8 Å². The maximum absolute atomic E-state index is 4.58. The SMILES string of the molecule is Cc1ccc(-c2ccc(C)c(-c3ccc(-c4ccc(C)cc4C)cc3)c2)nc1. The third-order valence-corrected chi connectivity index (χ3v) is 5.33. The third kappa shape index (κ3) is 3.61. The topological polar surface area (TPSA) is 12.9 Å². The molecule has 0 bridgehead atoms. The minimum absolute atomic E-state index is 1.01. The van der Waals surface area contributed by atoms with E-state index in [-0.39, 0.29) is 0 Å². The average molecular weight is 364 g/mol. The summed E-state index contributed by atoms with van der Waals surface area (Å²) in [6, 6.07) is 26.3. The van der Waals surface area contributed by atoms with Crippen LogP contribution < -0.4 is 0 Å². The normalized spacial score (nSPS) is 10.9. The van der Waals surface area contributed by atoms with E-state index in [2.05, 4.69) is 105 Å². The van der Waals surface area contributed by atoms with Crippen molar-refractivity contribution < 1.29 is 0 Å². The van der Waals surface area contributed by atoms with Gasteiger partial charge in [-0.25, -0.2) is 0 Å². The second-order valence-electron chi connectivity index (χ2n) is 7.65. The van der Waals surface area contributed by atoms with Gasteiger partial charge in [-0.1, -0.05) is 66.2 Å². The van der Waals surface area contributed by atoms with Crippen molar-refractivity contribution in [3.63, 3.8) is 0 Å². The van der Waals surface area contributed by atoms with E-state index in [4.69, 9.17) is 0 Å². The first-order valence-corrected chi connectivity index (χ1v) is 9.73. The summed E-state index contributed by atoms with van der Waals surface area (Å²) >= 11 is 0. The largest absolute Gasteiger partial charge is 0.256 e. The fourth-order valence-electron chi connectivity index (χ4n) is 3.70. The van der Waals surface area contributed by atoms with E-state index in [1.54, 1.807) is 0 Å². The van der Waals surface area contributed by atoms with Crippen molar-refractivity contribution in [2.75, 3.05) is 0 Å². The number of rotatable bonds is 3. The first kappa shape index (κ1) is 18.2. The molecule has 0 saturated carbocycles. The van der Waals surface area contributed by atoms with Gasteiger partial charge >= 0.3 is 0 Å². The monoisotopic (exact) mass is 363 g/mol. The average Bonchev–Trinajstić information content (AvgIpc) is 2.69. The number of hydrogen-bond donors (Lipinski definition) is 0. The molecular weight excluding hydrogens is 338 g/mol. The van der Waals surface area contributed by atoms with Crippen LogP contribution in [0.25, 0.3) is 33.5 Å². The van der Waals surface area contributed by atoms with Crippen LogP contribution in [0.4, 0.5) is 0 Å². The summed E-state index contributed by atoms with van der Waals surface area (Å²) < 4.78 is 0. The van der Waals surface area contributed by atoms with Gasteiger partial charge in [0.15, 0.2) is 0 Å². The molecule has 0 fully saturated rings. The van der Waals surface area contributed by atoms with Crippen LogP contribution in [0.1, 0.15) is 22.3 Å². The number of pyridine rings is 1. The van der Waals surface area contributed by atoms with Crippen molar-refractivity contribution in [1.82, 2.24) is 4.98 Å². The highest BCUT2D eigenvalue weighted by atomic mass is 14.7. The Balaban J connectivity index is 1.71. The third-order valence-electron chi connectivity index (χ3n) is 5.33. The zero-order chi connectivity index (χ0) is 19.7. The molecule has 0 aliphatic carbocycles. The van der Waals surface area contributed by atoms with Crippen LogP contribution in [0, 0.1) is 27.7 Å². The highest BCUT2D eigenvalue weighted by Gasteiger charge is 2.08.